The zero-order valence-corrected chi connectivity index (χ0v) is 10.5. The smallest absolute Gasteiger partial charge is 0.236 e. The first-order chi connectivity index (χ1) is 7.74. The summed E-state index contributed by atoms with van der Waals surface area (Å²) in [7, 11) is 0. The van der Waals surface area contributed by atoms with Crippen molar-refractivity contribution < 1.29 is 4.79 Å². The molecular formula is C12H25N3O. The molecule has 1 saturated heterocycles. The molecule has 4 heteroatoms. The first kappa shape index (κ1) is 13.5. The summed E-state index contributed by atoms with van der Waals surface area (Å²) in [5.74, 6) is 0.124. The van der Waals surface area contributed by atoms with E-state index in [1.165, 1.54) is 12.8 Å². The minimum absolute atomic E-state index is 0.0744. The van der Waals surface area contributed by atoms with Crippen molar-refractivity contribution in [3.63, 3.8) is 0 Å². The average Bonchev–Trinajstić information content (AvgIpc) is 2.54. The van der Waals surface area contributed by atoms with Gasteiger partial charge in [-0.15, -0.1) is 0 Å². The van der Waals surface area contributed by atoms with Crippen molar-refractivity contribution in [3.8, 4) is 0 Å². The summed E-state index contributed by atoms with van der Waals surface area (Å²) < 4.78 is 0. The molecule has 2 atom stereocenters. The van der Waals surface area contributed by atoms with E-state index in [0.29, 0.717) is 6.04 Å². The Morgan fingerprint density at radius 1 is 1.44 bits per heavy atom. The Morgan fingerprint density at radius 3 is 3.00 bits per heavy atom. The van der Waals surface area contributed by atoms with Gasteiger partial charge in [0.1, 0.15) is 0 Å². The van der Waals surface area contributed by atoms with Crippen molar-refractivity contribution in [2.75, 3.05) is 19.6 Å². The van der Waals surface area contributed by atoms with E-state index in [2.05, 4.69) is 22.9 Å². The van der Waals surface area contributed by atoms with Crippen molar-refractivity contribution >= 4 is 5.91 Å². The van der Waals surface area contributed by atoms with Crippen LogP contribution >= 0.6 is 0 Å². The van der Waals surface area contributed by atoms with Gasteiger partial charge in [0.2, 0.25) is 5.91 Å². The predicted octanol–water partition coefficient (Wildman–Crippen LogP) is 0.633. The van der Waals surface area contributed by atoms with E-state index in [9.17, 15) is 4.79 Å². The zero-order chi connectivity index (χ0) is 11.8. The van der Waals surface area contributed by atoms with Crippen LogP contribution < -0.4 is 16.0 Å². The lowest BCUT2D eigenvalue weighted by Gasteiger charge is -2.21. The molecule has 4 nitrogen and oxygen atoms in total. The zero-order valence-electron chi connectivity index (χ0n) is 10.5. The fourth-order valence-corrected chi connectivity index (χ4v) is 2.02. The van der Waals surface area contributed by atoms with Crippen LogP contribution in [0.4, 0.5) is 0 Å². The van der Waals surface area contributed by atoms with Gasteiger partial charge in [-0.2, -0.15) is 0 Å². The van der Waals surface area contributed by atoms with E-state index in [1.807, 2.05) is 6.92 Å². The van der Waals surface area contributed by atoms with Gasteiger partial charge in [-0.1, -0.05) is 6.92 Å². The molecule has 0 bridgehead atoms. The highest BCUT2D eigenvalue weighted by atomic mass is 16.2. The molecule has 1 rings (SSSR count). The van der Waals surface area contributed by atoms with Crippen LogP contribution in [0.15, 0.2) is 0 Å². The van der Waals surface area contributed by atoms with E-state index < -0.39 is 0 Å². The molecule has 1 aliphatic heterocycles. The molecule has 0 aromatic rings. The number of carbonyl (C=O) groups is 1. The summed E-state index contributed by atoms with van der Waals surface area (Å²) in [6, 6.07) is 0.409. The summed E-state index contributed by atoms with van der Waals surface area (Å²) in [6.07, 6.45) is 4.47. The summed E-state index contributed by atoms with van der Waals surface area (Å²) in [5.41, 5.74) is 0. The number of carbonyl (C=O) groups excluding carboxylic acids is 1. The molecule has 0 aliphatic carbocycles. The Balaban J connectivity index is 2.25. The quantitative estimate of drug-likeness (QED) is 0.646. The highest BCUT2D eigenvalue weighted by molar-refractivity contribution is 5.81. The van der Waals surface area contributed by atoms with E-state index in [0.717, 1.165) is 32.5 Å². The lowest BCUT2D eigenvalue weighted by Crippen LogP contribution is -2.47. The summed E-state index contributed by atoms with van der Waals surface area (Å²) in [4.78, 5) is 11.7. The fourth-order valence-electron chi connectivity index (χ4n) is 2.02. The molecule has 0 radical (unpaired) electrons. The number of hydrogen-bond donors (Lipinski definition) is 3. The molecule has 0 aromatic carbocycles. The standard InChI is InChI=1S/C12H25N3O/c1-3-7-14-12(16)10(2)15-11-5-4-8-13-9-6-11/h10-11,13,15H,3-9H2,1-2H3,(H,14,16). The molecule has 0 saturated carbocycles. The van der Waals surface area contributed by atoms with Gasteiger partial charge < -0.3 is 16.0 Å². The first-order valence-electron chi connectivity index (χ1n) is 6.48. The van der Waals surface area contributed by atoms with Crippen LogP contribution in [0.25, 0.3) is 0 Å². The molecule has 2 unspecified atom stereocenters. The maximum Gasteiger partial charge on any atom is 0.236 e. The Hall–Kier alpha value is -0.610. The third kappa shape index (κ3) is 4.94. The van der Waals surface area contributed by atoms with Crippen LogP contribution in [0.1, 0.15) is 39.5 Å². The average molecular weight is 227 g/mol. The Bertz CT molecular complexity index is 200. The van der Waals surface area contributed by atoms with Gasteiger partial charge in [0, 0.05) is 12.6 Å². The largest absolute Gasteiger partial charge is 0.355 e. The van der Waals surface area contributed by atoms with E-state index in [1.54, 1.807) is 0 Å². The van der Waals surface area contributed by atoms with Crippen molar-refractivity contribution in [1.29, 1.82) is 0 Å². The first-order valence-corrected chi connectivity index (χ1v) is 6.48. The molecule has 1 aliphatic rings. The molecule has 1 heterocycles. The van der Waals surface area contributed by atoms with Crippen LogP contribution in [0.5, 0.6) is 0 Å². The molecule has 94 valence electrons. The van der Waals surface area contributed by atoms with Gasteiger partial charge in [-0.05, 0) is 45.7 Å². The number of amides is 1. The van der Waals surface area contributed by atoms with Crippen LogP contribution in [0, 0.1) is 0 Å². The van der Waals surface area contributed by atoms with Gasteiger partial charge in [-0.3, -0.25) is 4.79 Å². The number of rotatable bonds is 5. The van der Waals surface area contributed by atoms with Gasteiger partial charge in [0.05, 0.1) is 6.04 Å². The molecule has 3 N–H and O–H groups in total. The monoisotopic (exact) mass is 227 g/mol. The highest BCUT2D eigenvalue weighted by Crippen LogP contribution is 2.05. The molecule has 16 heavy (non-hydrogen) atoms. The topological polar surface area (TPSA) is 53.2 Å². The number of hydrogen-bond acceptors (Lipinski definition) is 3. The van der Waals surface area contributed by atoms with Gasteiger partial charge >= 0.3 is 0 Å². The van der Waals surface area contributed by atoms with Gasteiger partial charge in [0.15, 0.2) is 0 Å². The van der Waals surface area contributed by atoms with Gasteiger partial charge in [0.25, 0.3) is 0 Å². The molecule has 1 amide bonds. The predicted molar refractivity (Wildman–Crippen MR) is 66.4 cm³/mol. The maximum atomic E-state index is 11.7. The Labute approximate surface area is 98.6 Å². The van der Waals surface area contributed by atoms with Crippen molar-refractivity contribution in [3.05, 3.63) is 0 Å². The van der Waals surface area contributed by atoms with Crippen molar-refractivity contribution in [2.45, 2.75) is 51.6 Å². The molecule has 0 aromatic heterocycles. The molecule has 1 fully saturated rings. The fraction of sp³-hybridized carbons (Fsp3) is 0.917. The highest BCUT2D eigenvalue weighted by Gasteiger charge is 2.18. The van der Waals surface area contributed by atoms with Crippen LogP contribution in [-0.4, -0.2) is 37.6 Å². The third-order valence-corrected chi connectivity index (χ3v) is 3.00. The lowest BCUT2D eigenvalue weighted by atomic mass is 10.1. The van der Waals surface area contributed by atoms with Crippen LogP contribution in [0.3, 0.4) is 0 Å². The summed E-state index contributed by atoms with van der Waals surface area (Å²) >= 11 is 0. The normalized spacial score (nSPS) is 23.5. The third-order valence-electron chi connectivity index (χ3n) is 3.00. The second-order valence-corrected chi connectivity index (χ2v) is 4.56. The summed E-state index contributed by atoms with van der Waals surface area (Å²) in [6.45, 7) is 6.95. The lowest BCUT2D eigenvalue weighted by molar-refractivity contribution is -0.122. The van der Waals surface area contributed by atoms with E-state index >= 15 is 0 Å². The van der Waals surface area contributed by atoms with E-state index in [4.69, 9.17) is 0 Å². The molecular weight excluding hydrogens is 202 g/mol. The summed E-state index contributed by atoms with van der Waals surface area (Å²) in [5, 5.41) is 9.71. The van der Waals surface area contributed by atoms with E-state index in [-0.39, 0.29) is 11.9 Å². The molecule has 0 spiro atoms. The van der Waals surface area contributed by atoms with Crippen molar-refractivity contribution in [1.82, 2.24) is 16.0 Å². The SMILES string of the molecule is CCCNC(=O)C(C)NC1CCCNCC1. The second-order valence-electron chi connectivity index (χ2n) is 4.56. The Morgan fingerprint density at radius 2 is 2.25 bits per heavy atom. The minimum Gasteiger partial charge on any atom is -0.355 e. The number of nitrogens with one attached hydrogen (secondary N) is 3. The Kier molecular flexibility index (Phi) is 6.42. The maximum absolute atomic E-state index is 11.7. The van der Waals surface area contributed by atoms with Crippen molar-refractivity contribution in [2.24, 2.45) is 0 Å². The van der Waals surface area contributed by atoms with Gasteiger partial charge in [-0.25, -0.2) is 0 Å². The van der Waals surface area contributed by atoms with Crippen LogP contribution in [0.2, 0.25) is 0 Å². The van der Waals surface area contributed by atoms with Crippen LogP contribution in [-0.2, 0) is 4.79 Å². The second kappa shape index (κ2) is 7.63. The minimum atomic E-state index is -0.0744.